The molecule has 4 N–H and O–H groups in total. The quantitative estimate of drug-likeness (QED) is 0.525. The molecule has 0 aliphatic heterocycles. The smallest absolute Gasteiger partial charge is 0.333 e. The van der Waals surface area contributed by atoms with Gasteiger partial charge in [-0.1, -0.05) is 6.92 Å². The zero-order chi connectivity index (χ0) is 12.7. The van der Waals surface area contributed by atoms with Gasteiger partial charge >= 0.3 is 11.9 Å². The molecule has 0 bridgehead atoms. The predicted octanol–water partition coefficient (Wildman–Crippen LogP) is 1.07. The van der Waals surface area contributed by atoms with Crippen molar-refractivity contribution in [2.45, 2.75) is 13.8 Å². The number of rotatable bonds is 2. The van der Waals surface area contributed by atoms with E-state index < -0.39 is 29.0 Å². The third-order valence-electron chi connectivity index (χ3n) is 2.88. The molecule has 1 atom stereocenters. The average molecular weight is 228 g/mol. The summed E-state index contributed by atoms with van der Waals surface area (Å²) < 4.78 is 0. The van der Waals surface area contributed by atoms with Crippen LogP contribution < -0.4 is 0 Å². The molecule has 0 radical (unpaired) electrons. The van der Waals surface area contributed by atoms with Crippen LogP contribution in [0.25, 0.3) is 0 Å². The van der Waals surface area contributed by atoms with E-state index in [4.69, 9.17) is 10.2 Å². The third kappa shape index (κ3) is 1.34. The fourth-order valence-electron chi connectivity index (χ4n) is 1.57. The monoisotopic (exact) mass is 228 g/mol. The van der Waals surface area contributed by atoms with E-state index in [0.29, 0.717) is 6.08 Å². The molecule has 1 aliphatic rings. The second-order valence-electron chi connectivity index (χ2n) is 3.74. The fraction of sp³-hybridized carbons (Fsp3) is 0.400. The molecule has 0 spiro atoms. The van der Waals surface area contributed by atoms with Gasteiger partial charge in [-0.25, -0.2) is 0 Å². The van der Waals surface area contributed by atoms with E-state index in [1.807, 2.05) is 0 Å². The largest absolute Gasteiger partial charge is 0.512 e. The van der Waals surface area contributed by atoms with Crippen molar-refractivity contribution in [2.75, 3.05) is 0 Å². The molecule has 0 aromatic carbocycles. The minimum atomic E-state index is -2.58. The first-order valence-electron chi connectivity index (χ1n) is 4.53. The number of aliphatic carboxylic acids is 2. The number of aliphatic hydroxyl groups is 2. The van der Waals surface area contributed by atoms with E-state index in [0.717, 1.165) is 0 Å². The van der Waals surface area contributed by atoms with E-state index in [1.165, 1.54) is 13.8 Å². The Morgan fingerprint density at radius 2 is 1.69 bits per heavy atom. The summed E-state index contributed by atoms with van der Waals surface area (Å²) in [5.74, 6) is -5.20. The van der Waals surface area contributed by atoms with E-state index in [9.17, 15) is 19.8 Å². The van der Waals surface area contributed by atoms with Crippen LogP contribution >= 0.6 is 0 Å². The second-order valence-corrected chi connectivity index (χ2v) is 3.74. The molecule has 6 nitrogen and oxygen atoms in total. The van der Waals surface area contributed by atoms with Crippen molar-refractivity contribution in [2.24, 2.45) is 11.3 Å². The van der Waals surface area contributed by atoms with Gasteiger partial charge < -0.3 is 20.4 Å². The van der Waals surface area contributed by atoms with Crippen molar-refractivity contribution in [1.82, 2.24) is 0 Å². The summed E-state index contributed by atoms with van der Waals surface area (Å²) in [7, 11) is 0. The molecule has 1 rings (SSSR count). The second kappa shape index (κ2) is 3.55. The molecule has 6 heteroatoms. The van der Waals surface area contributed by atoms with Gasteiger partial charge in [0.25, 0.3) is 0 Å². The maximum absolute atomic E-state index is 11.0. The Balaban J connectivity index is 3.53. The molecule has 0 aromatic rings. The van der Waals surface area contributed by atoms with Crippen molar-refractivity contribution in [3.8, 4) is 0 Å². The van der Waals surface area contributed by atoms with Crippen LogP contribution in [0.1, 0.15) is 13.8 Å². The van der Waals surface area contributed by atoms with Gasteiger partial charge in [0, 0.05) is 5.92 Å². The molecule has 1 aliphatic carbocycles. The maximum atomic E-state index is 11.0. The van der Waals surface area contributed by atoms with Crippen LogP contribution in [0.2, 0.25) is 0 Å². The first-order valence-corrected chi connectivity index (χ1v) is 4.53. The normalized spacial score (nSPS) is 23.9. The van der Waals surface area contributed by atoms with Gasteiger partial charge in [0.15, 0.2) is 0 Å². The molecule has 0 saturated carbocycles. The number of allylic oxidation sites excluding steroid dienone is 1. The topological polar surface area (TPSA) is 115 Å². The fourth-order valence-corrected chi connectivity index (χ4v) is 1.57. The number of aliphatic hydroxyl groups excluding tert-OH is 2. The zero-order valence-corrected chi connectivity index (χ0v) is 8.76. The number of carbonyl (C=O) groups is 2. The lowest BCUT2D eigenvalue weighted by Gasteiger charge is -2.29. The summed E-state index contributed by atoms with van der Waals surface area (Å²) in [6.07, 6.45) is 0.657. The highest BCUT2D eigenvalue weighted by atomic mass is 16.4. The lowest BCUT2D eigenvalue weighted by molar-refractivity contribution is -0.160. The summed E-state index contributed by atoms with van der Waals surface area (Å²) >= 11 is 0. The zero-order valence-electron chi connectivity index (χ0n) is 8.76. The van der Waals surface area contributed by atoms with E-state index in [-0.39, 0.29) is 11.3 Å². The minimum Gasteiger partial charge on any atom is -0.512 e. The van der Waals surface area contributed by atoms with Crippen molar-refractivity contribution >= 4 is 11.9 Å². The van der Waals surface area contributed by atoms with E-state index in [1.54, 1.807) is 0 Å². The molecule has 1 unspecified atom stereocenters. The molecule has 0 saturated heterocycles. The Bertz CT molecular complexity index is 403. The van der Waals surface area contributed by atoms with Gasteiger partial charge in [-0.15, -0.1) is 0 Å². The SMILES string of the molecule is CC1=C(O)C(C(=O)O)(C(=O)O)C=C(O)C1C. The number of carboxylic acid groups (broad SMARTS) is 2. The van der Waals surface area contributed by atoms with Gasteiger partial charge in [0.2, 0.25) is 5.41 Å². The van der Waals surface area contributed by atoms with Crippen molar-refractivity contribution in [3.05, 3.63) is 23.2 Å². The highest BCUT2D eigenvalue weighted by molar-refractivity contribution is 6.04. The van der Waals surface area contributed by atoms with Crippen molar-refractivity contribution in [1.29, 1.82) is 0 Å². The summed E-state index contributed by atoms with van der Waals surface area (Å²) in [6.45, 7) is 2.91. The van der Waals surface area contributed by atoms with Crippen LogP contribution in [0, 0.1) is 11.3 Å². The summed E-state index contributed by atoms with van der Waals surface area (Å²) in [5, 5.41) is 37.0. The molecular formula is C10H12O6. The molecular weight excluding hydrogens is 216 g/mol. The molecule has 16 heavy (non-hydrogen) atoms. The Morgan fingerprint density at radius 1 is 1.25 bits per heavy atom. The average Bonchev–Trinajstić information content (AvgIpc) is 2.19. The lowest BCUT2D eigenvalue weighted by Crippen LogP contribution is -2.42. The number of carboxylic acids is 2. The van der Waals surface area contributed by atoms with Gasteiger partial charge in [-0.3, -0.25) is 9.59 Å². The summed E-state index contributed by atoms with van der Waals surface area (Å²) in [5.41, 5.74) is -2.45. The van der Waals surface area contributed by atoms with E-state index in [2.05, 4.69) is 0 Å². The highest BCUT2D eigenvalue weighted by Gasteiger charge is 2.53. The van der Waals surface area contributed by atoms with Crippen molar-refractivity contribution in [3.63, 3.8) is 0 Å². The van der Waals surface area contributed by atoms with Crippen LogP contribution in [-0.2, 0) is 9.59 Å². The Morgan fingerprint density at radius 3 is 2.06 bits per heavy atom. The predicted molar refractivity (Wildman–Crippen MR) is 52.9 cm³/mol. The Labute approximate surface area is 91.1 Å². The first-order chi connectivity index (χ1) is 7.25. The van der Waals surface area contributed by atoms with Crippen LogP contribution in [0.15, 0.2) is 23.2 Å². The van der Waals surface area contributed by atoms with Gasteiger partial charge in [-0.2, -0.15) is 0 Å². The molecule has 88 valence electrons. The van der Waals surface area contributed by atoms with Crippen LogP contribution in [0.4, 0.5) is 0 Å². The molecule has 0 fully saturated rings. The molecule has 0 aromatic heterocycles. The third-order valence-corrected chi connectivity index (χ3v) is 2.88. The molecule has 0 amide bonds. The van der Waals surface area contributed by atoms with Gasteiger partial charge in [0.1, 0.15) is 5.76 Å². The Kier molecular flexibility index (Phi) is 2.68. The maximum Gasteiger partial charge on any atom is 0.333 e. The summed E-state index contributed by atoms with van der Waals surface area (Å²) in [4.78, 5) is 22.0. The molecule has 0 heterocycles. The standard InChI is InChI=1S/C10H12O6/c1-4-5(2)7(12)10(8(13)14,9(15)16)3-6(4)11/h3-4,11-12H,1-2H3,(H,13,14)(H,15,16). The van der Waals surface area contributed by atoms with E-state index >= 15 is 0 Å². The summed E-state index contributed by atoms with van der Waals surface area (Å²) in [6, 6.07) is 0. The van der Waals surface area contributed by atoms with Gasteiger partial charge in [0.05, 0.1) is 5.76 Å². The van der Waals surface area contributed by atoms with Crippen LogP contribution in [0.3, 0.4) is 0 Å². The van der Waals surface area contributed by atoms with Crippen LogP contribution in [0.5, 0.6) is 0 Å². The Hall–Kier alpha value is -1.98. The van der Waals surface area contributed by atoms with Crippen molar-refractivity contribution < 1.29 is 30.0 Å². The number of hydrogen-bond acceptors (Lipinski definition) is 4. The van der Waals surface area contributed by atoms with Crippen LogP contribution in [-0.4, -0.2) is 32.4 Å². The lowest BCUT2D eigenvalue weighted by atomic mass is 9.75. The number of hydrogen-bond donors (Lipinski definition) is 4. The minimum absolute atomic E-state index is 0.129. The highest BCUT2D eigenvalue weighted by Crippen LogP contribution is 2.40. The first kappa shape index (κ1) is 12.1. The van der Waals surface area contributed by atoms with Gasteiger partial charge in [-0.05, 0) is 18.6 Å².